The lowest BCUT2D eigenvalue weighted by atomic mass is 10.0. The highest BCUT2D eigenvalue weighted by Crippen LogP contribution is 2.26. The molecule has 0 unspecified atom stereocenters. The number of anilines is 1. The lowest BCUT2D eigenvalue weighted by Gasteiger charge is -2.31. The summed E-state index contributed by atoms with van der Waals surface area (Å²) >= 11 is 0. The van der Waals surface area contributed by atoms with Crippen molar-refractivity contribution in [3.63, 3.8) is 0 Å². The van der Waals surface area contributed by atoms with Gasteiger partial charge in [0.25, 0.3) is 0 Å². The highest BCUT2D eigenvalue weighted by atomic mass is 16.6. The molecule has 0 saturated heterocycles. The van der Waals surface area contributed by atoms with Gasteiger partial charge in [-0.1, -0.05) is 6.58 Å². The number of nitrogens with zero attached hydrogens (tertiary/aromatic N) is 3. The van der Waals surface area contributed by atoms with Crippen molar-refractivity contribution in [1.29, 1.82) is 0 Å². The van der Waals surface area contributed by atoms with Gasteiger partial charge in [-0.2, -0.15) is 0 Å². The Morgan fingerprint density at radius 3 is 2.67 bits per heavy atom. The number of hydrogen-bond acceptors (Lipinski definition) is 4. The van der Waals surface area contributed by atoms with Crippen molar-refractivity contribution < 1.29 is 14.3 Å². The number of carbonyl (C=O) groups excluding carboxylic acids is 2. The molecule has 2 rings (SSSR count). The molecule has 1 aromatic heterocycles. The highest BCUT2D eigenvalue weighted by Gasteiger charge is 2.27. The van der Waals surface area contributed by atoms with Crippen molar-refractivity contribution >= 4 is 17.7 Å². The van der Waals surface area contributed by atoms with E-state index < -0.39 is 5.60 Å². The summed E-state index contributed by atoms with van der Waals surface area (Å²) in [5, 5.41) is 0. The summed E-state index contributed by atoms with van der Waals surface area (Å²) in [4.78, 5) is 31.9. The van der Waals surface area contributed by atoms with E-state index in [1.54, 1.807) is 11.9 Å². The zero-order chi connectivity index (χ0) is 18.1. The van der Waals surface area contributed by atoms with Gasteiger partial charge < -0.3 is 14.5 Å². The lowest BCUT2D eigenvalue weighted by Crippen LogP contribution is -2.40. The van der Waals surface area contributed by atoms with Crippen LogP contribution in [0.25, 0.3) is 0 Å². The Morgan fingerprint density at radius 2 is 2.08 bits per heavy atom. The number of pyridine rings is 1. The van der Waals surface area contributed by atoms with Crippen molar-refractivity contribution in [1.82, 2.24) is 9.88 Å². The molecule has 0 fully saturated rings. The molecule has 1 aromatic rings. The van der Waals surface area contributed by atoms with E-state index in [1.165, 1.54) is 11.0 Å². The zero-order valence-electron chi connectivity index (χ0n) is 15.0. The Balaban J connectivity index is 2.25. The van der Waals surface area contributed by atoms with Gasteiger partial charge in [-0.05, 0) is 45.4 Å². The third-order valence-electron chi connectivity index (χ3n) is 3.85. The van der Waals surface area contributed by atoms with Crippen molar-refractivity contribution in [2.45, 2.75) is 46.3 Å². The van der Waals surface area contributed by atoms with E-state index in [4.69, 9.17) is 4.74 Å². The average Bonchev–Trinajstić information content (AvgIpc) is 2.50. The highest BCUT2D eigenvalue weighted by molar-refractivity contribution is 6.01. The molecular formula is C18H25N3O3. The first kappa shape index (κ1) is 18.0. The predicted molar refractivity (Wildman–Crippen MR) is 92.9 cm³/mol. The van der Waals surface area contributed by atoms with Crippen molar-refractivity contribution in [2.24, 2.45) is 0 Å². The number of aromatic nitrogens is 1. The zero-order valence-corrected chi connectivity index (χ0v) is 15.0. The molecule has 0 radical (unpaired) electrons. The van der Waals surface area contributed by atoms with Crippen LogP contribution in [0, 0.1) is 6.92 Å². The smallest absolute Gasteiger partial charge is 0.410 e. The van der Waals surface area contributed by atoms with Gasteiger partial charge in [-0.3, -0.25) is 9.78 Å². The SMILES string of the molecule is C=CC(=O)N(C)c1cc2c(nc1C)CCN(C(=O)OC(C)(C)C)C2. The van der Waals surface area contributed by atoms with Crippen LogP contribution in [0.15, 0.2) is 18.7 Å². The van der Waals surface area contributed by atoms with Crippen LogP contribution in [-0.2, 0) is 22.5 Å². The molecule has 0 N–H and O–H groups in total. The standard InChI is InChI=1S/C18H25N3O3/c1-7-16(22)20(6)15-10-13-11-21(17(23)24-18(3,4)5)9-8-14(13)19-12(15)2/h7,10H,1,8-9,11H2,2-6H3. The molecule has 0 atom stereocenters. The van der Waals surface area contributed by atoms with Crippen molar-refractivity contribution in [2.75, 3.05) is 18.5 Å². The largest absolute Gasteiger partial charge is 0.444 e. The van der Waals surface area contributed by atoms with E-state index in [0.29, 0.717) is 19.5 Å². The van der Waals surface area contributed by atoms with Crippen LogP contribution in [0.2, 0.25) is 0 Å². The summed E-state index contributed by atoms with van der Waals surface area (Å²) < 4.78 is 5.44. The number of aryl methyl sites for hydroxylation is 1. The molecule has 2 heterocycles. The molecule has 0 saturated carbocycles. The van der Waals surface area contributed by atoms with Gasteiger partial charge in [0.05, 0.1) is 17.9 Å². The number of fused-ring (bicyclic) bond motifs is 1. The van der Waals surface area contributed by atoms with E-state index in [-0.39, 0.29) is 12.0 Å². The summed E-state index contributed by atoms with van der Waals surface area (Å²) in [6.07, 6.45) is 1.62. The minimum atomic E-state index is -0.523. The van der Waals surface area contributed by atoms with Crippen molar-refractivity contribution in [3.05, 3.63) is 35.7 Å². The fraction of sp³-hybridized carbons (Fsp3) is 0.500. The molecular weight excluding hydrogens is 306 g/mol. The van der Waals surface area contributed by atoms with Gasteiger partial charge in [0.15, 0.2) is 0 Å². The number of hydrogen-bond donors (Lipinski definition) is 0. The Hall–Kier alpha value is -2.37. The van der Waals surface area contributed by atoms with E-state index in [1.807, 2.05) is 33.8 Å². The maximum absolute atomic E-state index is 12.3. The second-order valence-electron chi connectivity index (χ2n) is 6.95. The number of carbonyl (C=O) groups is 2. The Morgan fingerprint density at radius 1 is 1.42 bits per heavy atom. The van der Waals surface area contributed by atoms with Gasteiger partial charge in [0, 0.05) is 25.7 Å². The second kappa shape index (κ2) is 6.63. The molecule has 1 aliphatic heterocycles. The lowest BCUT2D eigenvalue weighted by molar-refractivity contribution is -0.113. The van der Waals surface area contributed by atoms with Crippen LogP contribution in [0.1, 0.15) is 37.7 Å². The predicted octanol–water partition coefficient (Wildman–Crippen LogP) is 2.83. The van der Waals surface area contributed by atoms with E-state index in [0.717, 1.165) is 22.6 Å². The summed E-state index contributed by atoms with van der Waals surface area (Å²) in [6, 6.07) is 1.93. The second-order valence-corrected chi connectivity index (χ2v) is 6.95. The number of amides is 2. The summed E-state index contributed by atoms with van der Waals surface area (Å²) in [7, 11) is 1.69. The summed E-state index contributed by atoms with van der Waals surface area (Å²) in [5.41, 5.74) is 2.90. The maximum atomic E-state index is 12.3. The van der Waals surface area contributed by atoms with Gasteiger partial charge in [-0.15, -0.1) is 0 Å². The Labute approximate surface area is 143 Å². The average molecular weight is 331 g/mol. The Bertz CT molecular complexity index is 677. The topological polar surface area (TPSA) is 62.7 Å². The molecule has 0 bridgehead atoms. The fourth-order valence-corrected chi connectivity index (χ4v) is 2.64. The summed E-state index contributed by atoms with van der Waals surface area (Å²) in [6.45, 7) is 11.9. The van der Waals surface area contributed by atoms with Crippen LogP contribution >= 0.6 is 0 Å². The van der Waals surface area contributed by atoms with Gasteiger partial charge in [0.1, 0.15) is 5.60 Å². The third kappa shape index (κ3) is 3.93. The molecule has 0 aliphatic carbocycles. The number of rotatable bonds is 2. The normalized spacial score (nSPS) is 14.0. The van der Waals surface area contributed by atoms with Crippen LogP contribution < -0.4 is 4.90 Å². The van der Waals surface area contributed by atoms with Crippen LogP contribution in [0.4, 0.5) is 10.5 Å². The molecule has 0 aromatic carbocycles. The van der Waals surface area contributed by atoms with Crippen LogP contribution in [0.3, 0.4) is 0 Å². The fourth-order valence-electron chi connectivity index (χ4n) is 2.64. The van der Waals surface area contributed by atoms with E-state index in [9.17, 15) is 9.59 Å². The first-order valence-electron chi connectivity index (χ1n) is 8.00. The monoisotopic (exact) mass is 331 g/mol. The molecule has 24 heavy (non-hydrogen) atoms. The van der Waals surface area contributed by atoms with Crippen LogP contribution in [0.5, 0.6) is 0 Å². The van der Waals surface area contributed by atoms with Crippen LogP contribution in [-0.4, -0.2) is 41.1 Å². The first-order valence-corrected chi connectivity index (χ1v) is 8.00. The molecule has 1 aliphatic rings. The van der Waals surface area contributed by atoms with Gasteiger partial charge in [0.2, 0.25) is 5.91 Å². The van der Waals surface area contributed by atoms with Gasteiger partial charge in [-0.25, -0.2) is 4.79 Å². The molecule has 0 spiro atoms. The minimum absolute atomic E-state index is 0.195. The summed E-state index contributed by atoms with van der Waals surface area (Å²) in [5.74, 6) is -0.195. The Kier molecular flexibility index (Phi) is 4.96. The quantitative estimate of drug-likeness (QED) is 0.782. The molecule has 2 amide bonds. The van der Waals surface area contributed by atoms with Gasteiger partial charge >= 0.3 is 6.09 Å². The molecule has 130 valence electrons. The number of ether oxygens (including phenoxy) is 1. The molecule has 6 nitrogen and oxygen atoms in total. The minimum Gasteiger partial charge on any atom is -0.444 e. The first-order chi connectivity index (χ1) is 11.1. The molecule has 6 heteroatoms. The maximum Gasteiger partial charge on any atom is 0.410 e. The number of likely N-dealkylation sites (N-methyl/N-ethyl adjacent to an activating group) is 1. The van der Waals surface area contributed by atoms with E-state index in [2.05, 4.69) is 11.6 Å². The van der Waals surface area contributed by atoms with E-state index >= 15 is 0 Å². The third-order valence-corrected chi connectivity index (χ3v) is 3.85. The van der Waals surface area contributed by atoms with Crippen molar-refractivity contribution in [3.8, 4) is 0 Å².